The summed E-state index contributed by atoms with van der Waals surface area (Å²) in [7, 11) is 2.07. The number of ketones is 1. The van der Waals surface area contributed by atoms with Crippen LogP contribution >= 0.6 is 0 Å². The summed E-state index contributed by atoms with van der Waals surface area (Å²) in [6, 6.07) is 13.0. The van der Waals surface area contributed by atoms with E-state index in [1.807, 2.05) is 41.4 Å². The highest BCUT2D eigenvalue weighted by molar-refractivity contribution is 6.26. The molecule has 2 aliphatic heterocycles. The smallest absolute Gasteiger partial charge is 0.437 e. The van der Waals surface area contributed by atoms with Crippen LogP contribution < -0.4 is 15.5 Å². The van der Waals surface area contributed by atoms with E-state index in [0.29, 0.717) is 34.8 Å². The van der Waals surface area contributed by atoms with Crippen molar-refractivity contribution in [2.75, 3.05) is 64.8 Å². The van der Waals surface area contributed by atoms with Crippen LogP contribution in [0, 0.1) is 0 Å². The Morgan fingerprint density at radius 3 is 2.70 bits per heavy atom. The Morgan fingerprint density at radius 1 is 1.12 bits per heavy atom. The fourth-order valence-corrected chi connectivity index (χ4v) is 5.87. The fraction of sp³-hybridized carbons (Fsp3) is 0.414. The molecule has 3 heterocycles. The third kappa shape index (κ3) is 5.26. The number of likely N-dealkylation sites (tertiary alicyclic amines) is 1. The van der Waals surface area contributed by atoms with Gasteiger partial charge in [0.25, 0.3) is 0 Å². The van der Waals surface area contributed by atoms with E-state index in [1.165, 1.54) is 0 Å². The number of aliphatic hydroxyl groups is 1. The van der Waals surface area contributed by atoms with E-state index >= 15 is 0 Å². The van der Waals surface area contributed by atoms with Crippen LogP contribution in [0.2, 0.25) is 0 Å². The van der Waals surface area contributed by atoms with E-state index in [1.54, 1.807) is 11.5 Å². The maximum Gasteiger partial charge on any atom is 0.437 e. The van der Waals surface area contributed by atoms with Crippen molar-refractivity contribution in [2.24, 2.45) is 0 Å². The number of aromatic nitrogens is 2. The molecule has 1 atom stereocenters. The maximum absolute atomic E-state index is 13.7. The highest BCUT2D eigenvalue weighted by atomic mass is 16.5. The molecule has 2 fully saturated rings. The second kappa shape index (κ2) is 11.5. The molecular formula is C29H36N7O4+. The molecule has 1 aliphatic carbocycles. The number of benzene rings is 2. The third-order valence-corrected chi connectivity index (χ3v) is 8.13. The van der Waals surface area contributed by atoms with E-state index in [-0.39, 0.29) is 24.5 Å². The van der Waals surface area contributed by atoms with Crippen molar-refractivity contribution < 1.29 is 24.9 Å². The zero-order valence-corrected chi connectivity index (χ0v) is 22.7. The lowest BCUT2D eigenvalue weighted by molar-refractivity contribution is -0.722. The lowest BCUT2D eigenvalue weighted by atomic mass is 10.0. The van der Waals surface area contributed by atoms with Gasteiger partial charge in [-0.15, -0.1) is 5.01 Å². The number of nitrogens with one attached hydrogen (secondary N) is 2. The first-order valence-corrected chi connectivity index (χ1v) is 13.9. The van der Waals surface area contributed by atoms with E-state index in [4.69, 9.17) is 4.74 Å². The number of carbonyl (C=O) groups excluding carboxylic acids is 2. The van der Waals surface area contributed by atoms with Crippen LogP contribution in [-0.2, 0) is 0 Å². The van der Waals surface area contributed by atoms with Crippen molar-refractivity contribution in [2.45, 2.75) is 18.9 Å². The number of ether oxygens (including phenoxy) is 1. The van der Waals surface area contributed by atoms with E-state index in [2.05, 4.69) is 32.4 Å². The van der Waals surface area contributed by atoms with Crippen molar-refractivity contribution in [3.63, 3.8) is 0 Å². The van der Waals surface area contributed by atoms with Crippen molar-refractivity contribution in [1.29, 1.82) is 0 Å². The number of urea groups is 1. The number of primary amides is 1. The standard InChI is InChI=1S/C29H35N7O4/c1-34-12-14-36(15-13-34)33-29(39)30-23-6-2-5-22-24(23)28(38)25-26(31-32-27(22)25)19-7-9-21(10-8-19)40-17-16-35-11-3-4-20(35)18-37/h2,5-10,20,37H,3-4,11-18H2,1H3,(H,31,32)(H2,30,33,39)/p+1/t20-/m0/s1. The maximum atomic E-state index is 13.7. The lowest BCUT2D eigenvalue weighted by Crippen LogP contribution is -2.99. The summed E-state index contributed by atoms with van der Waals surface area (Å²) in [6.07, 6.45) is 2.14. The van der Waals surface area contributed by atoms with E-state index < -0.39 is 0 Å². The summed E-state index contributed by atoms with van der Waals surface area (Å²) in [5.74, 6) is 0.584. The van der Waals surface area contributed by atoms with Crippen molar-refractivity contribution in [3.05, 3.63) is 53.6 Å². The molecule has 3 aromatic rings. The van der Waals surface area contributed by atoms with Crippen LogP contribution in [0.15, 0.2) is 42.5 Å². The number of carbonyl (C=O) groups is 2. The largest absolute Gasteiger partial charge is 0.492 e. The first-order chi connectivity index (χ1) is 19.5. The molecule has 0 saturated carbocycles. The number of quaternary nitrogens is 1. The molecule has 40 heavy (non-hydrogen) atoms. The van der Waals surface area contributed by atoms with Crippen LogP contribution in [-0.4, -0.2) is 107 Å². The molecule has 2 saturated heterocycles. The van der Waals surface area contributed by atoms with Gasteiger partial charge in [-0.3, -0.25) is 20.1 Å². The summed E-state index contributed by atoms with van der Waals surface area (Å²) < 4.78 is 5.94. The number of likely N-dealkylation sites (N-methyl/N-ethyl adjacent to an activating group) is 1. The summed E-state index contributed by atoms with van der Waals surface area (Å²) >= 11 is 0. The number of hydrogen-bond donors (Lipinski definition) is 4. The summed E-state index contributed by atoms with van der Waals surface area (Å²) in [6.45, 7) is 5.90. The van der Waals surface area contributed by atoms with Crippen LogP contribution in [0.4, 0.5) is 10.5 Å². The number of rotatable bonds is 8. The molecule has 11 heteroatoms. The zero-order chi connectivity index (χ0) is 27.6. The fourth-order valence-electron chi connectivity index (χ4n) is 5.87. The number of amides is 2. The van der Waals surface area contributed by atoms with Gasteiger partial charge in [0, 0.05) is 36.8 Å². The normalized spacial score (nSPS) is 19.6. The molecule has 0 bridgehead atoms. The monoisotopic (exact) mass is 546 g/mol. The minimum atomic E-state index is -0.244. The molecule has 0 unspecified atom stereocenters. The Balaban J connectivity index is 1.13. The molecule has 0 radical (unpaired) electrons. The average molecular weight is 547 g/mol. The quantitative estimate of drug-likeness (QED) is 0.244. The summed E-state index contributed by atoms with van der Waals surface area (Å²) in [5.41, 5.74) is 5.87. The number of aliphatic hydroxyl groups excluding tert-OH is 1. The SMILES string of the molecule is CN1CCN([NH2+]C(=O)Nc2cccc3c2C(=O)c2c(-c4ccc(OCCN5CCC[C@H]5CO)cc4)n[nH]c2-3)CC1. The molecule has 2 aromatic carbocycles. The first-order valence-electron chi connectivity index (χ1n) is 13.9. The lowest BCUT2D eigenvalue weighted by Gasteiger charge is -2.28. The molecule has 210 valence electrons. The number of fused-ring (bicyclic) bond motifs is 3. The Morgan fingerprint density at radius 2 is 1.93 bits per heavy atom. The predicted molar refractivity (Wildman–Crippen MR) is 150 cm³/mol. The summed E-state index contributed by atoms with van der Waals surface area (Å²) in [5, 5.41) is 22.0. The van der Waals surface area contributed by atoms with Crippen molar-refractivity contribution in [1.82, 2.24) is 25.0 Å². The molecule has 0 spiro atoms. The molecule has 11 nitrogen and oxygen atoms in total. The number of hydrogen-bond acceptors (Lipinski definition) is 8. The van der Waals surface area contributed by atoms with Crippen molar-refractivity contribution >= 4 is 17.5 Å². The topological polar surface area (TPSA) is 131 Å². The first kappa shape index (κ1) is 26.6. The van der Waals surface area contributed by atoms with Gasteiger partial charge in [-0.25, -0.2) is 4.79 Å². The van der Waals surface area contributed by atoms with Gasteiger partial charge in [0.05, 0.1) is 42.2 Å². The molecule has 5 N–H and O–H groups in total. The second-order valence-electron chi connectivity index (χ2n) is 10.7. The predicted octanol–water partition coefficient (Wildman–Crippen LogP) is 1.38. The highest BCUT2D eigenvalue weighted by Gasteiger charge is 2.35. The number of H-pyrrole nitrogens is 1. The Bertz CT molecular complexity index is 1380. The van der Waals surface area contributed by atoms with Gasteiger partial charge in [-0.1, -0.05) is 12.1 Å². The van der Waals surface area contributed by atoms with Gasteiger partial charge in [-0.05, 0) is 56.8 Å². The second-order valence-corrected chi connectivity index (χ2v) is 10.7. The average Bonchev–Trinajstić information content (AvgIpc) is 3.67. The minimum Gasteiger partial charge on any atom is -0.492 e. The van der Waals surface area contributed by atoms with Gasteiger partial charge >= 0.3 is 6.03 Å². The van der Waals surface area contributed by atoms with Gasteiger partial charge in [-0.2, -0.15) is 10.5 Å². The number of anilines is 1. The van der Waals surface area contributed by atoms with Crippen LogP contribution in [0.5, 0.6) is 5.75 Å². The molecule has 3 aliphatic rings. The Kier molecular flexibility index (Phi) is 7.63. The molecule has 6 rings (SSSR count). The molecule has 2 amide bonds. The van der Waals surface area contributed by atoms with Crippen LogP contribution in [0.3, 0.4) is 0 Å². The Hall–Kier alpha value is -3.61. The van der Waals surface area contributed by atoms with E-state index in [9.17, 15) is 14.7 Å². The highest BCUT2D eigenvalue weighted by Crippen LogP contribution is 2.43. The van der Waals surface area contributed by atoms with Gasteiger partial charge in [0.2, 0.25) is 0 Å². The molecule has 1 aromatic heterocycles. The number of nitrogens with two attached hydrogens (primary N) is 1. The van der Waals surface area contributed by atoms with Gasteiger partial charge < -0.3 is 14.7 Å². The minimum absolute atomic E-state index is 0.159. The third-order valence-electron chi connectivity index (χ3n) is 8.13. The van der Waals surface area contributed by atoms with Gasteiger partial charge in [0.1, 0.15) is 18.1 Å². The number of piperazine rings is 1. The van der Waals surface area contributed by atoms with Crippen LogP contribution in [0.1, 0.15) is 28.8 Å². The Labute approximate surface area is 233 Å². The van der Waals surface area contributed by atoms with Crippen LogP contribution in [0.25, 0.3) is 22.5 Å². The number of aromatic amines is 1. The van der Waals surface area contributed by atoms with Crippen molar-refractivity contribution in [3.8, 4) is 28.3 Å². The summed E-state index contributed by atoms with van der Waals surface area (Å²) in [4.78, 5) is 31.0. The van der Waals surface area contributed by atoms with E-state index in [0.717, 1.165) is 69.0 Å². The van der Waals surface area contributed by atoms with Gasteiger partial charge in [0.15, 0.2) is 5.78 Å². The number of nitrogens with zero attached hydrogens (tertiary/aromatic N) is 4. The zero-order valence-electron chi connectivity index (χ0n) is 22.7. The molecular weight excluding hydrogens is 510 g/mol.